The average molecular weight is 594 g/mol. The van der Waals surface area contributed by atoms with Crippen molar-refractivity contribution in [3.8, 4) is 11.5 Å². The summed E-state index contributed by atoms with van der Waals surface area (Å²) in [7, 11) is 2.84. The molecule has 0 unspecified atom stereocenters. The minimum Gasteiger partial charge on any atom is -0.497 e. The van der Waals surface area contributed by atoms with Gasteiger partial charge in [-0.15, -0.1) is 0 Å². The molecular weight excluding hydrogens is 562 g/mol. The number of rotatable bonds is 11. The Kier molecular flexibility index (Phi) is 12.2. The number of nitrogens with zero attached hydrogens (tertiary/aromatic N) is 2. The van der Waals surface area contributed by atoms with Crippen LogP contribution in [0.25, 0.3) is 6.08 Å². The van der Waals surface area contributed by atoms with Crippen LogP contribution in [-0.2, 0) is 19.1 Å². The molecule has 2 aromatic carbocycles. The zero-order chi connectivity index (χ0) is 31.2. The molecule has 0 bridgehead atoms. The lowest BCUT2D eigenvalue weighted by molar-refractivity contribution is -0.166. The molecule has 2 heterocycles. The molecule has 0 spiro atoms. The minimum absolute atomic E-state index is 0.0485. The average Bonchev–Trinajstić information content (AvgIpc) is 3.56. The summed E-state index contributed by atoms with van der Waals surface area (Å²) in [6.07, 6.45) is 6.21. The van der Waals surface area contributed by atoms with E-state index >= 15 is 0 Å². The number of carboxylic acids is 2. The van der Waals surface area contributed by atoms with Gasteiger partial charge in [0.2, 0.25) is 12.2 Å². The van der Waals surface area contributed by atoms with Crippen molar-refractivity contribution in [2.45, 2.75) is 18.6 Å². The van der Waals surface area contributed by atoms with Crippen molar-refractivity contribution in [3.63, 3.8) is 0 Å². The monoisotopic (exact) mass is 593 g/mol. The Labute approximate surface area is 247 Å². The number of hydrogen-bond donors (Lipinski definition) is 3. The summed E-state index contributed by atoms with van der Waals surface area (Å²) in [6, 6.07) is 11.0. The van der Waals surface area contributed by atoms with Crippen molar-refractivity contribution in [1.82, 2.24) is 15.3 Å². The number of ether oxygens (including phenoxy) is 4. The lowest BCUT2D eigenvalue weighted by atomic mass is 10.1. The van der Waals surface area contributed by atoms with E-state index in [1.54, 1.807) is 6.33 Å². The van der Waals surface area contributed by atoms with Gasteiger partial charge in [0.05, 0.1) is 25.3 Å². The highest BCUT2D eigenvalue weighted by Gasteiger charge is 2.41. The van der Waals surface area contributed by atoms with Crippen molar-refractivity contribution in [3.05, 3.63) is 90.0 Å². The van der Waals surface area contributed by atoms with Crippen LogP contribution in [0.15, 0.2) is 73.3 Å². The first-order valence-electron chi connectivity index (χ1n) is 13.0. The van der Waals surface area contributed by atoms with Crippen LogP contribution in [0.4, 0.5) is 0 Å². The molecule has 0 amide bonds. The molecule has 43 heavy (non-hydrogen) atoms. The van der Waals surface area contributed by atoms with Crippen LogP contribution in [0.5, 0.6) is 11.5 Å². The Morgan fingerprint density at radius 1 is 0.814 bits per heavy atom. The number of hydrogen-bond acceptors (Lipinski definition) is 11. The van der Waals surface area contributed by atoms with Gasteiger partial charge >= 0.3 is 23.9 Å². The topological polar surface area (TPSA) is 183 Å². The van der Waals surface area contributed by atoms with E-state index in [9.17, 15) is 29.4 Å². The van der Waals surface area contributed by atoms with E-state index in [4.69, 9.17) is 18.9 Å². The number of carboxylic acid groups (broad SMARTS) is 2. The zero-order valence-electron chi connectivity index (χ0n) is 23.4. The normalized spacial score (nSPS) is 15.3. The maximum absolute atomic E-state index is 12.2. The number of aliphatic carboxylic acids is 2. The molecule has 13 nitrogen and oxygen atoms in total. The molecule has 1 aliphatic heterocycles. The summed E-state index contributed by atoms with van der Waals surface area (Å²) in [6.45, 7) is 2.24. The lowest BCUT2D eigenvalue weighted by Gasteiger charge is -2.21. The number of aromatic nitrogens is 2. The predicted octanol–water partition coefficient (Wildman–Crippen LogP) is 2.72. The minimum atomic E-state index is -2.28. The highest BCUT2D eigenvalue weighted by Crippen LogP contribution is 2.17. The molecule has 13 heteroatoms. The number of nitrogens with one attached hydrogen (secondary N) is 1. The predicted molar refractivity (Wildman–Crippen MR) is 152 cm³/mol. The van der Waals surface area contributed by atoms with Crippen molar-refractivity contribution >= 4 is 30.0 Å². The fourth-order valence-electron chi connectivity index (χ4n) is 3.79. The second kappa shape index (κ2) is 16.2. The van der Waals surface area contributed by atoms with Gasteiger partial charge in [-0.1, -0.05) is 12.2 Å². The van der Waals surface area contributed by atoms with E-state index in [0.717, 1.165) is 18.7 Å². The van der Waals surface area contributed by atoms with E-state index in [0.29, 0.717) is 17.4 Å². The third-order valence-corrected chi connectivity index (χ3v) is 6.12. The smallest absolute Gasteiger partial charge is 0.349 e. The van der Waals surface area contributed by atoms with E-state index < -0.39 is 36.1 Å². The fourth-order valence-corrected chi connectivity index (χ4v) is 3.79. The first kappa shape index (κ1) is 32.2. The van der Waals surface area contributed by atoms with Crippen LogP contribution < -0.4 is 14.8 Å². The summed E-state index contributed by atoms with van der Waals surface area (Å²) in [4.78, 5) is 55.5. The highest BCUT2D eigenvalue weighted by atomic mass is 16.6. The standard InChI is InChI=1S/C20H18O10.C10H13N3/c1-27-13-7-3-11(4-8-13)19(25)29-15(17(21)22)16(18(23)24)30-20(26)12-5-9-14(28-2)10-6-12;1(9-3-4-11-5-9)2-10-6-12-8-13-7-10/h3-10,15-16H,1-2H3,(H,21,22)(H,23,24);1-2,6-9,11H,3-5H2/b;2-1+/t15-,16-;9-/m00/s1. The maximum atomic E-state index is 12.2. The fraction of sp³-hybridized carbons (Fsp3) is 0.267. The maximum Gasteiger partial charge on any atom is 0.349 e. The van der Waals surface area contributed by atoms with Gasteiger partial charge in [-0.05, 0) is 67.4 Å². The third kappa shape index (κ3) is 9.93. The lowest BCUT2D eigenvalue weighted by Crippen LogP contribution is -2.45. The molecule has 0 saturated carbocycles. The largest absolute Gasteiger partial charge is 0.497 e. The zero-order valence-corrected chi connectivity index (χ0v) is 23.4. The van der Waals surface area contributed by atoms with Crippen LogP contribution in [0.1, 0.15) is 32.7 Å². The van der Waals surface area contributed by atoms with Gasteiger partial charge < -0.3 is 34.5 Å². The van der Waals surface area contributed by atoms with Crippen molar-refractivity contribution in [2.24, 2.45) is 5.92 Å². The molecule has 1 aliphatic rings. The summed E-state index contributed by atoms with van der Waals surface area (Å²) >= 11 is 0. The number of methoxy groups -OCH3 is 2. The summed E-state index contributed by atoms with van der Waals surface area (Å²) in [5.41, 5.74) is 0.981. The van der Waals surface area contributed by atoms with Crippen LogP contribution >= 0.6 is 0 Å². The molecule has 226 valence electrons. The summed E-state index contributed by atoms with van der Waals surface area (Å²) in [5, 5.41) is 22.0. The number of carbonyl (C=O) groups is 4. The first-order valence-corrected chi connectivity index (χ1v) is 13.0. The SMILES string of the molecule is C(=C\[C@H]1CCNC1)/c1cncnc1.COc1ccc(C(=O)O[C@H](C(=O)O)[C@H](OC(=O)c2ccc(OC)cc2)C(=O)O)cc1. The molecule has 3 aromatic rings. The Morgan fingerprint density at radius 2 is 1.28 bits per heavy atom. The second-order valence-electron chi connectivity index (χ2n) is 9.07. The van der Waals surface area contributed by atoms with Crippen molar-refractivity contribution in [1.29, 1.82) is 0 Å². The van der Waals surface area contributed by atoms with Crippen molar-refractivity contribution in [2.75, 3.05) is 27.3 Å². The van der Waals surface area contributed by atoms with E-state index in [2.05, 4.69) is 27.4 Å². The summed E-state index contributed by atoms with van der Waals surface area (Å²) in [5.74, 6) is -4.26. The first-order chi connectivity index (χ1) is 20.7. The van der Waals surface area contributed by atoms with Gasteiger partial charge in [0.15, 0.2) is 0 Å². The van der Waals surface area contributed by atoms with E-state index in [1.807, 2.05) is 12.4 Å². The van der Waals surface area contributed by atoms with Gasteiger partial charge in [0, 0.05) is 24.5 Å². The molecule has 1 saturated heterocycles. The quantitative estimate of drug-likeness (QED) is 0.276. The van der Waals surface area contributed by atoms with Gasteiger partial charge in [0.25, 0.3) is 0 Å². The molecule has 1 aromatic heterocycles. The molecule has 3 atom stereocenters. The number of benzene rings is 2. The number of esters is 2. The molecule has 4 rings (SSSR count). The Balaban J connectivity index is 0.000000321. The van der Waals surface area contributed by atoms with Gasteiger partial charge in [-0.3, -0.25) is 0 Å². The van der Waals surface area contributed by atoms with Crippen LogP contribution in [-0.4, -0.2) is 83.6 Å². The van der Waals surface area contributed by atoms with Gasteiger partial charge in [-0.2, -0.15) is 0 Å². The molecule has 3 N–H and O–H groups in total. The molecular formula is C30H31N3O10. The second-order valence-corrected chi connectivity index (χ2v) is 9.07. The van der Waals surface area contributed by atoms with E-state index in [-0.39, 0.29) is 11.1 Å². The van der Waals surface area contributed by atoms with Gasteiger partial charge in [0.1, 0.15) is 17.8 Å². The molecule has 0 aliphatic carbocycles. The Bertz CT molecular complexity index is 1310. The van der Waals surface area contributed by atoms with Gasteiger partial charge in [-0.25, -0.2) is 29.1 Å². The van der Waals surface area contributed by atoms with Crippen LogP contribution in [0.2, 0.25) is 0 Å². The van der Waals surface area contributed by atoms with Crippen LogP contribution in [0.3, 0.4) is 0 Å². The summed E-state index contributed by atoms with van der Waals surface area (Å²) < 4.78 is 19.5. The Hall–Kier alpha value is -5.30. The molecule has 0 radical (unpaired) electrons. The third-order valence-electron chi connectivity index (χ3n) is 6.12. The Morgan fingerprint density at radius 3 is 1.65 bits per heavy atom. The van der Waals surface area contributed by atoms with E-state index in [1.165, 1.54) is 69.2 Å². The highest BCUT2D eigenvalue weighted by molar-refractivity contribution is 5.95. The van der Waals surface area contributed by atoms with Crippen LogP contribution in [0, 0.1) is 5.92 Å². The molecule has 1 fully saturated rings. The van der Waals surface area contributed by atoms with Crippen molar-refractivity contribution < 1.29 is 48.3 Å². The number of carbonyl (C=O) groups excluding carboxylic acids is 2.